The molecule has 0 saturated carbocycles. The number of ether oxygens (including phenoxy) is 2. The van der Waals surface area contributed by atoms with E-state index in [-0.39, 0.29) is 31.0 Å². The minimum Gasteiger partial charge on any atom is -0.493 e. The zero-order valence-corrected chi connectivity index (χ0v) is 17.5. The van der Waals surface area contributed by atoms with Gasteiger partial charge >= 0.3 is 12.1 Å². The van der Waals surface area contributed by atoms with Crippen LogP contribution in [-0.4, -0.2) is 42.2 Å². The molecule has 0 spiro atoms. The average Bonchev–Trinajstić information content (AvgIpc) is 3.19. The van der Waals surface area contributed by atoms with Crippen molar-refractivity contribution < 1.29 is 27.4 Å². The third-order valence-electron chi connectivity index (χ3n) is 5.15. The number of aromatic nitrogens is 2. The molecule has 0 N–H and O–H groups in total. The van der Waals surface area contributed by atoms with E-state index in [0.29, 0.717) is 31.7 Å². The minimum absolute atomic E-state index is 0.0575. The minimum atomic E-state index is -4.57. The first kappa shape index (κ1) is 23.3. The van der Waals surface area contributed by atoms with Crippen molar-refractivity contribution in [3.63, 3.8) is 0 Å². The number of esters is 1. The van der Waals surface area contributed by atoms with Crippen LogP contribution >= 0.6 is 0 Å². The Hall–Kier alpha value is -3.35. The van der Waals surface area contributed by atoms with Gasteiger partial charge in [0.15, 0.2) is 0 Å². The second kappa shape index (κ2) is 10.3. The summed E-state index contributed by atoms with van der Waals surface area (Å²) in [6.45, 7) is 2.73. The van der Waals surface area contributed by atoms with Crippen molar-refractivity contribution in [2.75, 3.05) is 31.2 Å². The molecule has 2 aromatic rings. The summed E-state index contributed by atoms with van der Waals surface area (Å²) in [4.78, 5) is 21.8. The van der Waals surface area contributed by atoms with Crippen molar-refractivity contribution in [3.05, 3.63) is 47.8 Å². The smallest absolute Gasteiger partial charge is 0.433 e. The monoisotopic (exact) mass is 448 g/mol. The maximum atomic E-state index is 13.0. The zero-order valence-electron chi connectivity index (χ0n) is 17.5. The molecule has 2 heterocycles. The molecule has 0 unspecified atom stereocenters. The number of hydrogen-bond acceptors (Lipinski definition) is 7. The lowest BCUT2D eigenvalue weighted by atomic mass is 9.90. The molecule has 0 aliphatic carbocycles. The van der Waals surface area contributed by atoms with E-state index >= 15 is 0 Å². The summed E-state index contributed by atoms with van der Waals surface area (Å²) in [6.07, 6.45) is -2.69. The van der Waals surface area contributed by atoms with Gasteiger partial charge in [-0.1, -0.05) is 12.1 Å². The van der Waals surface area contributed by atoms with Crippen molar-refractivity contribution in [2.45, 2.75) is 25.9 Å². The van der Waals surface area contributed by atoms with Gasteiger partial charge in [-0.25, -0.2) is 9.97 Å². The molecule has 1 aliphatic heterocycles. The Morgan fingerprint density at radius 3 is 2.66 bits per heavy atom. The lowest BCUT2D eigenvalue weighted by Crippen LogP contribution is -2.27. The molecule has 7 nitrogen and oxygen atoms in total. The van der Waals surface area contributed by atoms with Crippen LogP contribution in [0.2, 0.25) is 0 Å². The van der Waals surface area contributed by atoms with Gasteiger partial charge in [-0.05, 0) is 43.0 Å². The van der Waals surface area contributed by atoms with E-state index in [2.05, 4.69) is 9.97 Å². The predicted molar refractivity (Wildman–Crippen MR) is 109 cm³/mol. The Morgan fingerprint density at radius 1 is 1.25 bits per heavy atom. The van der Waals surface area contributed by atoms with E-state index in [1.165, 1.54) is 0 Å². The van der Waals surface area contributed by atoms with Gasteiger partial charge in [0.05, 0.1) is 25.0 Å². The van der Waals surface area contributed by atoms with Crippen molar-refractivity contribution in [2.24, 2.45) is 11.8 Å². The van der Waals surface area contributed by atoms with Gasteiger partial charge in [0.1, 0.15) is 18.1 Å². The van der Waals surface area contributed by atoms with Gasteiger partial charge < -0.3 is 14.4 Å². The van der Waals surface area contributed by atoms with E-state index in [0.717, 1.165) is 17.8 Å². The summed E-state index contributed by atoms with van der Waals surface area (Å²) in [6, 6.07) is 10.1. The van der Waals surface area contributed by atoms with Crippen LogP contribution in [0.4, 0.5) is 19.1 Å². The summed E-state index contributed by atoms with van der Waals surface area (Å²) < 4.78 is 49.8. The second-order valence-corrected chi connectivity index (χ2v) is 7.37. The largest absolute Gasteiger partial charge is 0.493 e. The number of carbonyl (C=O) groups is 1. The molecule has 2 atom stereocenters. The van der Waals surface area contributed by atoms with Gasteiger partial charge in [-0.15, -0.1) is 0 Å². The molecule has 1 saturated heterocycles. The Bertz CT molecular complexity index is 960. The maximum absolute atomic E-state index is 13.0. The molecule has 0 bridgehead atoms. The Balaban J connectivity index is 1.75. The molecular formula is C22H23F3N4O3. The van der Waals surface area contributed by atoms with E-state index in [4.69, 9.17) is 14.7 Å². The highest BCUT2D eigenvalue weighted by atomic mass is 19.4. The number of halogens is 3. The first-order chi connectivity index (χ1) is 15.3. The van der Waals surface area contributed by atoms with Gasteiger partial charge in [0, 0.05) is 19.3 Å². The first-order valence-corrected chi connectivity index (χ1v) is 10.2. The second-order valence-electron chi connectivity index (χ2n) is 7.37. The fourth-order valence-electron chi connectivity index (χ4n) is 3.66. The molecule has 3 rings (SSSR count). The van der Waals surface area contributed by atoms with E-state index in [1.54, 1.807) is 24.0 Å². The van der Waals surface area contributed by atoms with Crippen molar-refractivity contribution >= 4 is 11.9 Å². The van der Waals surface area contributed by atoms with Crippen LogP contribution in [0.15, 0.2) is 36.5 Å². The van der Waals surface area contributed by atoms with Gasteiger partial charge in [-0.2, -0.15) is 18.4 Å². The van der Waals surface area contributed by atoms with E-state index in [1.807, 2.05) is 18.2 Å². The van der Waals surface area contributed by atoms with E-state index in [9.17, 15) is 18.0 Å². The van der Waals surface area contributed by atoms with Crippen molar-refractivity contribution in [1.82, 2.24) is 9.97 Å². The highest BCUT2D eigenvalue weighted by molar-refractivity contribution is 5.74. The van der Waals surface area contributed by atoms with Crippen LogP contribution in [0.3, 0.4) is 0 Å². The molecule has 0 amide bonds. The number of benzene rings is 1. The number of alkyl halides is 3. The molecule has 1 fully saturated rings. The number of nitriles is 1. The van der Waals surface area contributed by atoms with Crippen LogP contribution in [0.25, 0.3) is 0 Å². The topological polar surface area (TPSA) is 88.3 Å². The van der Waals surface area contributed by atoms with Crippen molar-refractivity contribution in [3.8, 4) is 11.8 Å². The predicted octanol–water partition coefficient (Wildman–Crippen LogP) is 3.65. The fourth-order valence-corrected chi connectivity index (χ4v) is 3.66. The summed E-state index contributed by atoms with van der Waals surface area (Å²) in [5.41, 5.74) is -0.0747. The first-order valence-electron chi connectivity index (χ1n) is 10.2. The highest BCUT2D eigenvalue weighted by Crippen LogP contribution is 2.33. The summed E-state index contributed by atoms with van der Waals surface area (Å²) in [5, 5.41) is 8.58. The summed E-state index contributed by atoms with van der Waals surface area (Å²) in [5.74, 6) is -0.505. The lowest BCUT2D eigenvalue weighted by Gasteiger charge is -2.17. The number of hydrogen-bond donors (Lipinski definition) is 0. The number of anilines is 1. The summed E-state index contributed by atoms with van der Waals surface area (Å²) >= 11 is 0. The number of carbonyl (C=O) groups excluding carboxylic acids is 1. The Kier molecular flexibility index (Phi) is 7.51. The average molecular weight is 448 g/mol. The fraction of sp³-hybridized carbons (Fsp3) is 0.455. The van der Waals surface area contributed by atoms with Crippen LogP contribution in [-0.2, 0) is 22.1 Å². The van der Waals surface area contributed by atoms with E-state index < -0.39 is 17.8 Å². The molecule has 10 heteroatoms. The molecular weight excluding hydrogens is 425 g/mol. The molecule has 1 aromatic carbocycles. The van der Waals surface area contributed by atoms with Crippen LogP contribution in [0.5, 0.6) is 5.75 Å². The highest BCUT2D eigenvalue weighted by Gasteiger charge is 2.40. The normalized spacial score (nSPS) is 18.3. The Morgan fingerprint density at radius 2 is 2.00 bits per heavy atom. The lowest BCUT2D eigenvalue weighted by molar-refractivity contribution is -0.148. The summed E-state index contributed by atoms with van der Waals surface area (Å²) in [7, 11) is 0. The van der Waals surface area contributed by atoms with Crippen LogP contribution in [0.1, 0.15) is 24.6 Å². The maximum Gasteiger partial charge on any atom is 0.433 e. The molecule has 0 radical (unpaired) electrons. The van der Waals surface area contributed by atoms with Crippen LogP contribution < -0.4 is 9.64 Å². The third-order valence-corrected chi connectivity index (χ3v) is 5.15. The number of rotatable bonds is 8. The van der Waals surface area contributed by atoms with Gasteiger partial charge in [0.25, 0.3) is 0 Å². The standard InChI is InChI=1S/C22H23F3N4O3/c1-2-31-20(30)18-14-29(21-27-10-8-19(28-21)22(23,24)25)13-16(18)12-15-4-6-17(7-5-15)32-11-3-9-26/h4-8,10,16,18H,2-3,11-14H2,1H3/t16-,18+/m1/s1. The Labute approximate surface area is 183 Å². The molecule has 1 aliphatic rings. The third kappa shape index (κ3) is 5.87. The zero-order chi connectivity index (χ0) is 23.1. The van der Waals surface area contributed by atoms with Crippen LogP contribution in [0, 0.1) is 23.2 Å². The molecule has 1 aromatic heterocycles. The number of nitrogens with zero attached hydrogens (tertiary/aromatic N) is 4. The quantitative estimate of drug-likeness (QED) is 0.450. The molecule has 170 valence electrons. The van der Waals surface area contributed by atoms with Gasteiger partial charge in [0.2, 0.25) is 5.95 Å². The van der Waals surface area contributed by atoms with Crippen molar-refractivity contribution in [1.29, 1.82) is 5.26 Å². The SMILES string of the molecule is CCOC(=O)[C@H]1CN(c2nccc(C(F)(F)F)n2)C[C@H]1Cc1ccc(OCCC#N)cc1. The molecule has 32 heavy (non-hydrogen) atoms. The van der Waals surface area contributed by atoms with Gasteiger partial charge in [-0.3, -0.25) is 4.79 Å².